The fourth-order valence-corrected chi connectivity index (χ4v) is 1.39. The number of aliphatic hydroxyl groups excluding tert-OH is 1. The number of carbonyl (C=O) groups excluding carboxylic acids is 1. The van der Waals surface area contributed by atoms with Crippen molar-refractivity contribution in [3.05, 3.63) is 29.3 Å². The molecule has 0 saturated heterocycles. The van der Waals surface area contributed by atoms with Crippen LogP contribution in [0.2, 0.25) is 0 Å². The molecule has 0 spiro atoms. The van der Waals surface area contributed by atoms with Gasteiger partial charge in [0, 0.05) is 23.9 Å². The Morgan fingerprint density at radius 1 is 1.56 bits per heavy atom. The van der Waals surface area contributed by atoms with Gasteiger partial charge >= 0.3 is 0 Å². The van der Waals surface area contributed by atoms with Crippen LogP contribution in [0.15, 0.2) is 18.2 Å². The predicted octanol–water partition coefficient (Wildman–Crippen LogP) is 1.08. The number of hydrogen-bond acceptors (Lipinski definition) is 3. The van der Waals surface area contributed by atoms with Crippen LogP contribution >= 0.6 is 0 Å². The number of amides is 1. The molecular formula is C12H18N2O2. The lowest BCUT2D eigenvalue weighted by atomic mass is 10.1. The summed E-state index contributed by atoms with van der Waals surface area (Å²) in [5.74, 6) is -0.135. The molecule has 0 aliphatic heterocycles. The Labute approximate surface area is 95.5 Å². The number of anilines is 1. The fourth-order valence-electron chi connectivity index (χ4n) is 1.39. The van der Waals surface area contributed by atoms with Gasteiger partial charge < -0.3 is 16.2 Å². The van der Waals surface area contributed by atoms with Gasteiger partial charge in [-0.15, -0.1) is 0 Å². The second-order valence-electron chi connectivity index (χ2n) is 3.96. The van der Waals surface area contributed by atoms with Crippen LogP contribution in [0.3, 0.4) is 0 Å². The highest BCUT2D eigenvalue weighted by Crippen LogP contribution is 2.12. The number of carbonyl (C=O) groups is 1. The smallest absolute Gasteiger partial charge is 0.251 e. The molecule has 1 rings (SSSR count). The zero-order valence-corrected chi connectivity index (χ0v) is 9.66. The number of nitrogens with one attached hydrogen (secondary N) is 1. The van der Waals surface area contributed by atoms with Crippen LogP contribution in [-0.4, -0.2) is 23.7 Å². The fraction of sp³-hybridized carbons (Fsp3) is 0.417. The first-order valence-electron chi connectivity index (χ1n) is 5.32. The summed E-state index contributed by atoms with van der Waals surface area (Å²) in [7, 11) is 0. The molecule has 88 valence electrons. The van der Waals surface area contributed by atoms with Crippen LogP contribution in [0.25, 0.3) is 0 Å². The zero-order chi connectivity index (χ0) is 12.1. The average Bonchev–Trinajstić information content (AvgIpc) is 2.22. The van der Waals surface area contributed by atoms with Crippen molar-refractivity contribution in [2.24, 2.45) is 0 Å². The summed E-state index contributed by atoms with van der Waals surface area (Å²) in [6, 6.07) is 5.15. The van der Waals surface area contributed by atoms with Crippen molar-refractivity contribution in [3.8, 4) is 0 Å². The molecule has 0 saturated carbocycles. The summed E-state index contributed by atoms with van der Waals surface area (Å²) in [5, 5.41) is 11.5. The van der Waals surface area contributed by atoms with Gasteiger partial charge in [0.05, 0.1) is 0 Å². The van der Waals surface area contributed by atoms with E-state index in [2.05, 4.69) is 5.32 Å². The molecule has 4 nitrogen and oxygen atoms in total. The molecule has 0 fully saturated rings. The van der Waals surface area contributed by atoms with E-state index in [1.54, 1.807) is 18.2 Å². The van der Waals surface area contributed by atoms with Gasteiger partial charge in [-0.3, -0.25) is 4.79 Å². The molecule has 1 atom stereocenters. The minimum atomic E-state index is -0.135. The predicted molar refractivity (Wildman–Crippen MR) is 64.2 cm³/mol. The summed E-state index contributed by atoms with van der Waals surface area (Å²) < 4.78 is 0. The van der Waals surface area contributed by atoms with Gasteiger partial charge in [-0.1, -0.05) is 0 Å². The van der Waals surface area contributed by atoms with E-state index in [1.165, 1.54) is 0 Å². The van der Waals surface area contributed by atoms with Gasteiger partial charge in [-0.05, 0) is 44.0 Å². The van der Waals surface area contributed by atoms with Crippen molar-refractivity contribution >= 4 is 11.6 Å². The van der Waals surface area contributed by atoms with E-state index >= 15 is 0 Å². The number of nitrogens with two attached hydrogens (primary N) is 1. The molecule has 1 amide bonds. The van der Waals surface area contributed by atoms with Crippen molar-refractivity contribution in [1.29, 1.82) is 0 Å². The third kappa shape index (κ3) is 3.24. The molecule has 0 aliphatic carbocycles. The lowest BCUT2D eigenvalue weighted by Gasteiger charge is -2.13. The van der Waals surface area contributed by atoms with Crippen LogP contribution < -0.4 is 11.1 Å². The van der Waals surface area contributed by atoms with Gasteiger partial charge in [0.2, 0.25) is 0 Å². The molecule has 4 heteroatoms. The van der Waals surface area contributed by atoms with Crippen LogP contribution in [0.4, 0.5) is 5.69 Å². The Kier molecular flexibility index (Phi) is 4.31. The Morgan fingerprint density at radius 2 is 2.25 bits per heavy atom. The summed E-state index contributed by atoms with van der Waals surface area (Å²) in [6.45, 7) is 3.80. The number of nitrogen functional groups attached to an aromatic ring is 1. The second kappa shape index (κ2) is 5.51. The van der Waals surface area contributed by atoms with Crippen LogP contribution in [0, 0.1) is 6.92 Å². The van der Waals surface area contributed by atoms with Gasteiger partial charge in [-0.2, -0.15) is 0 Å². The molecule has 0 bridgehead atoms. The minimum Gasteiger partial charge on any atom is -0.399 e. The maximum absolute atomic E-state index is 11.8. The van der Waals surface area contributed by atoms with E-state index in [0.29, 0.717) is 17.7 Å². The molecule has 0 heterocycles. The number of hydrogen-bond donors (Lipinski definition) is 3. The third-order valence-electron chi connectivity index (χ3n) is 2.47. The van der Waals surface area contributed by atoms with E-state index in [0.717, 1.165) is 5.56 Å². The van der Waals surface area contributed by atoms with Crippen molar-refractivity contribution in [1.82, 2.24) is 5.32 Å². The molecular weight excluding hydrogens is 204 g/mol. The normalized spacial score (nSPS) is 12.2. The summed E-state index contributed by atoms with van der Waals surface area (Å²) in [4.78, 5) is 11.8. The lowest BCUT2D eigenvalue weighted by molar-refractivity contribution is 0.0934. The van der Waals surface area contributed by atoms with E-state index < -0.39 is 0 Å². The molecule has 0 radical (unpaired) electrons. The van der Waals surface area contributed by atoms with E-state index in [4.69, 9.17) is 10.8 Å². The minimum absolute atomic E-state index is 0.0321. The standard InChI is InChI=1S/C12H18N2O2/c1-8-7-10(3-4-11(8)13)12(16)14-9(2)5-6-15/h3-4,7,9,15H,5-6,13H2,1-2H3,(H,14,16). The van der Waals surface area contributed by atoms with Crippen molar-refractivity contribution in [2.45, 2.75) is 26.3 Å². The summed E-state index contributed by atoms with van der Waals surface area (Å²) >= 11 is 0. The second-order valence-corrected chi connectivity index (χ2v) is 3.96. The highest BCUT2D eigenvalue weighted by atomic mass is 16.3. The quantitative estimate of drug-likeness (QED) is 0.667. The first kappa shape index (κ1) is 12.5. The molecule has 1 aromatic carbocycles. The first-order chi connectivity index (χ1) is 7.54. The topological polar surface area (TPSA) is 75.3 Å². The van der Waals surface area contributed by atoms with Gasteiger partial charge in [0.25, 0.3) is 5.91 Å². The average molecular weight is 222 g/mol. The van der Waals surface area contributed by atoms with E-state index in [-0.39, 0.29) is 18.6 Å². The summed E-state index contributed by atoms with van der Waals surface area (Å²) in [5.41, 5.74) is 7.84. The molecule has 1 unspecified atom stereocenters. The first-order valence-corrected chi connectivity index (χ1v) is 5.32. The Bertz CT molecular complexity index is 377. The number of aliphatic hydroxyl groups is 1. The molecule has 1 aromatic rings. The Balaban J connectivity index is 2.69. The van der Waals surface area contributed by atoms with Crippen LogP contribution in [-0.2, 0) is 0 Å². The van der Waals surface area contributed by atoms with Gasteiger partial charge in [0.1, 0.15) is 0 Å². The van der Waals surface area contributed by atoms with Crippen molar-refractivity contribution < 1.29 is 9.90 Å². The SMILES string of the molecule is Cc1cc(C(=O)NC(C)CCO)ccc1N. The number of benzene rings is 1. The molecule has 0 aromatic heterocycles. The van der Waals surface area contributed by atoms with Gasteiger partial charge in [0.15, 0.2) is 0 Å². The molecule has 0 aliphatic rings. The maximum Gasteiger partial charge on any atom is 0.251 e. The Hall–Kier alpha value is -1.55. The van der Waals surface area contributed by atoms with Crippen molar-refractivity contribution in [2.75, 3.05) is 12.3 Å². The Morgan fingerprint density at radius 3 is 2.81 bits per heavy atom. The highest BCUT2D eigenvalue weighted by molar-refractivity contribution is 5.95. The van der Waals surface area contributed by atoms with Crippen LogP contribution in [0.1, 0.15) is 29.3 Å². The van der Waals surface area contributed by atoms with E-state index in [1.807, 2.05) is 13.8 Å². The zero-order valence-electron chi connectivity index (χ0n) is 9.66. The maximum atomic E-state index is 11.8. The van der Waals surface area contributed by atoms with Crippen molar-refractivity contribution in [3.63, 3.8) is 0 Å². The van der Waals surface area contributed by atoms with Crippen LogP contribution in [0.5, 0.6) is 0 Å². The monoisotopic (exact) mass is 222 g/mol. The largest absolute Gasteiger partial charge is 0.399 e. The van der Waals surface area contributed by atoms with E-state index in [9.17, 15) is 4.79 Å². The molecule has 16 heavy (non-hydrogen) atoms. The number of aryl methyl sites for hydroxylation is 1. The van der Waals surface area contributed by atoms with Gasteiger partial charge in [-0.25, -0.2) is 0 Å². The third-order valence-corrected chi connectivity index (χ3v) is 2.47. The molecule has 4 N–H and O–H groups in total. The lowest BCUT2D eigenvalue weighted by Crippen LogP contribution is -2.33. The summed E-state index contributed by atoms with van der Waals surface area (Å²) in [6.07, 6.45) is 0.555. The highest BCUT2D eigenvalue weighted by Gasteiger charge is 2.09. The number of rotatable bonds is 4.